The largest absolute Gasteiger partial charge is 0.481 e. The van der Waals surface area contributed by atoms with Crippen LogP contribution in [0, 0.1) is 6.92 Å². The first-order chi connectivity index (χ1) is 24.6. The maximum Gasteiger partial charge on any atom is 0.303 e. The van der Waals surface area contributed by atoms with Crippen molar-refractivity contribution in [3.63, 3.8) is 0 Å². The van der Waals surface area contributed by atoms with E-state index in [-0.39, 0.29) is 61.2 Å². The SMILES string of the molecule is C/C(=N\O)C(C)(C)NOCCNC(C)(C)/C(CCNC(=O)C(CCC(=O)O)NC(=O)c1ccc(NCc2cnc3nc(C)[nH]c(=O)c3n2)cc1)=N/O. The number of carboxylic acids is 1. The average Bonchev–Trinajstić information content (AvgIpc) is 3.10. The molecule has 282 valence electrons. The molecule has 1 unspecified atom stereocenters. The van der Waals surface area contributed by atoms with E-state index in [1.165, 1.54) is 6.20 Å². The van der Waals surface area contributed by atoms with Crippen LogP contribution in [-0.2, 0) is 21.0 Å². The number of carboxylic acid groups (broad SMARTS) is 1. The van der Waals surface area contributed by atoms with Gasteiger partial charge >= 0.3 is 5.97 Å². The first-order valence-corrected chi connectivity index (χ1v) is 16.5. The Balaban J connectivity index is 1.52. The van der Waals surface area contributed by atoms with Gasteiger partial charge in [0.2, 0.25) is 5.91 Å². The summed E-state index contributed by atoms with van der Waals surface area (Å²) >= 11 is 0. The number of aryl methyl sites for hydroxylation is 1. The molecular formula is C33H47N11O8. The van der Waals surface area contributed by atoms with E-state index in [1.54, 1.807) is 65.8 Å². The summed E-state index contributed by atoms with van der Waals surface area (Å²) in [5, 5.41) is 46.1. The van der Waals surface area contributed by atoms with Crippen molar-refractivity contribution in [2.45, 2.75) is 84.5 Å². The Morgan fingerprint density at radius 2 is 1.71 bits per heavy atom. The lowest BCUT2D eigenvalue weighted by Crippen LogP contribution is -2.51. The minimum absolute atomic E-state index is 0.0429. The van der Waals surface area contributed by atoms with Gasteiger partial charge in [-0.15, -0.1) is 0 Å². The number of oxime groups is 2. The number of fused-ring (bicyclic) bond motifs is 1. The van der Waals surface area contributed by atoms with E-state index in [2.05, 4.69) is 57.0 Å². The Morgan fingerprint density at radius 1 is 1.00 bits per heavy atom. The molecule has 0 saturated heterocycles. The van der Waals surface area contributed by atoms with Crippen molar-refractivity contribution in [1.82, 2.24) is 41.4 Å². The minimum atomic E-state index is -1.15. The number of hydroxylamine groups is 1. The molecule has 19 heteroatoms. The fourth-order valence-corrected chi connectivity index (χ4v) is 4.72. The van der Waals surface area contributed by atoms with Gasteiger partial charge in [0.15, 0.2) is 11.2 Å². The topological polar surface area (TPSA) is 278 Å². The van der Waals surface area contributed by atoms with Gasteiger partial charge in [0.1, 0.15) is 11.9 Å². The molecular weight excluding hydrogens is 678 g/mol. The number of carbonyl (C=O) groups excluding carboxylic acids is 2. The normalized spacial score (nSPS) is 13.1. The lowest BCUT2D eigenvalue weighted by atomic mass is 9.95. The van der Waals surface area contributed by atoms with Gasteiger partial charge in [-0.25, -0.2) is 15.0 Å². The number of nitrogens with zero attached hydrogens (tertiary/aromatic N) is 5. The first kappa shape index (κ1) is 40.9. The van der Waals surface area contributed by atoms with Crippen molar-refractivity contribution in [3.8, 4) is 0 Å². The Labute approximate surface area is 299 Å². The highest BCUT2D eigenvalue weighted by Crippen LogP contribution is 2.13. The molecule has 2 amide bonds. The minimum Gasteiger partial charge on any atom is -0.481 e. The van der Waals surface area contributed by atoms with Crippen LogP contribution in [-0.4, -0.2) is 101 Å². The van der Waals surface area contributed by atoms with Crippen LogP contribution in [0.2, 0.25) is 0 Å². The van der Waals surface area contributed by atoms with E-state index >= 15 is 0 Å². The van der Waals surface area contributed by atoms with Gasteiger partial charge < -0.3 is 41.8 Å². The Bertz CT molecular complexity index is 1820. The zero-order chi connectivity index (χ0) is 38.5. The summed E-state index contributed by atoms with van der Waals surface area (Å²) in [5.41, 5.74) is 3.45. The van der Waals surface area contributed by atoms with Crippen LogP contribution in [0.1, 0.15) is 75.8 Å². The monoisotopic (exact) mass is 725 g/mol. The van der Waals surface area contributed by atoms with Crippen molar-refractivity contribution < 1.29 is 34.7 Å². The van der Waals surface area contributed by atoms with Crippen LogP contribution in [0.15, 0.2) is 45.6 Å². The Hall–Kier alpha value is -5.53. The molecule has 0 aliphatic heterocycles. The third kappa shape index (κ3) is 12.1. The maximum absolute atomic E-state index is 13.1. The molecule has 0 aliphatic rings. The van der Waals surface area contributed by atoms with Crippen LogP contribution >= 0.6 is 0 Å². The maximum atomic E-state index is 13.1. The number of amides is 2. The first-order valence-electron chi connectivity index (χ1n) is 16.5. The molecule has 0 radical (unpaired) electrons. The summed E-state index contributed by atoms with van der Waals surface area (Å²) in [4.78, 5) is 70.4. The summed E-state index contributed by atoms with van der Waals surface area (Å²) in [5.74, 6) is -1.87. The Morgan fingerprint density at radius 3 is 2.37 bits per heavy atom. The molecule has 0 spiro atoms. The van der Waals surface area contributed by atoms with Gasteiger partial charge in [-0.3, -0.25) is 24.0 Å². The molecule has 19 nitrogen and oxygen atoms in total. The quantitative estimate of drug-likeness (QED) is 0.0345. The van der Waals surface area contributed by atoms with E-state index in [4.69, 9.17) is 10.0 Å². The van der Waals surface area contributed by atoms with E-state index < -0.39 is 34.9 Å². The number of carbonyl (C=O) groups is 3. The lowest BCUT2D eigenvalue weighted by molar-refractivity contribution is -0.137. The number of aliphatic carboxylic acids is 1. The molecule has 0 aliphatic carbocycles. The van der Waals surface area contributed by atoms with E-state index in [0.717, 1.165) is 0 Å². The second-order valence-corrected chi connectivity index (χ2v) is 13.0. The van der Waals surface area contributed by atoms with Crippen LogP contribution in [0.5, 0.6) is 0 Å². The van der Waals surface area contributed by atoms with Crippen molar-refractivity contribution in [1.29, 1.82) is 0 Å². The molecule has 1 atom stereocenters. The summed E-state index contributed by atoms with van der Waals surface area (Å²) in [6.45, 7) is 11.3. The van der Waals surface area contributed by atoms with E-state index in [0.29, 0.717) is 35.2 Å². The zero-order valence-corrected chi connectivity index (χ0v) is 30.0. The van der Waals surface area contributed by atoms with Crippen LogP contribution in [0.3, 0.4) is 0 Å². The van der Waals surface area contributed by atoms with Crippen molar-refractivity contribution in [2.24, 2.45) is 10.3 Å². The highest BCUT2D eigenvalue weighted by atomic mass is 16.6. The highest BCUT2D eigenvalue weighted by molar-refractivity contribution is 5.98. The average molecular weight is 726 g/mol. The number of H-pyrrole nitrogens is 1. The summed E-state index contributed by atoms with van der Waals surface area (Å²) in [7, 11) is 0. The number of anilines is 1. The number of nitrogens with one attached hydrogen (secondary N) is 6. The number of rotatable bonds is 20. The predicted molar refractivity (Wildman–Crippen MR) is 192 cm³/mol. The predicted octanol–water partition coefficient (Wildman–Crippen LogP) is 1.45. The molecule has 3 rings (SSSR count). The Kier molecular flexibility index (Phi) is 14.7. The van der Waals surface area contributed by atoms with Crippen molar-refractivity contribution in [2.75, 3.05) is 25.0 Å². The molecule has 2 heterocycles. The second-order valence-electron chi connectivity index (χ2n) is 13.0. The van der Waals surface area contributed by atoms with E-state index in [9.17, 15) is 29.5 Å². The number of benzene rings is 1. The van der Waals surface area contributed by atoms with Crippen LogP contribution in [0.25, 0.3) is 11.2 Å². The zero-order valence-electron chi connectivity index (χ0n) is 30.0. The number of aromatic nitrogens is 4. The van der Waals surface area contributed by atoms with Gasteiger partial charge in [0.25, 0.3) is 11.5 Å². The van der Waals surface area contributed by atoms with E-state index in [1.807, 2.05) is 0 Å². The number of hydrogen-bond donors (Lipinski definition) is 9. The fraction of sp³-hybridized carbons (Fsp3) is 0.485. The van der Waals surface area contributed by atoms with Gasteiger partial charge in [-0.1, -0.05) is 10.3 Å². The molecule has 9 N–H and O–H groups in total. The van der Waals surface area contributed by atoms with Gasteiger partial charge in [-0.2, -0.15) is 5.48 Å². The van der Waals surface area contributed by atoms with Crippen molar-refractivity contribution >= 4 is 46.1 Å². The lowest BCUT2D eigenvalue weighted by Gasteiger charge is -2.28. The molecule has 0 bridgehead atoms. The van der Waals surface area contributed by atoms with Gasteiger partial charge in [0.05, 0.1) is 47.5 Å². The fourth-order valence-electron chi connectivity index (χ4n) is 4.72. The van der Waals surface area contributed by atoms with Gasteiger partial charge in [0, 0.05) is 37.2 Å². The summed E-state index contributed by atoms with van der Waals surface area (Å²) in [6, 6.07) is 5.23. The number of aromatic amines is 1. The summed E-state index contributed by atoms with van der Waals surface area (Å²) in [6.07, 6.45) is 1.14. The molecule has 3 aromatic rings. The van der Waals surface area contributed by atoms with Crippen molar-refractivity contribution in [3.05, 3.63) is 57.9 Å². The summed E-state index contributed by atoms with van der Waals surface area (Å²) < 4.78 is 0. The standard InChI is InChI=1S/C33H47N11O8/c1-19(42-50)32(3,4)44-52-16-15-37-33(5,6)25(43-51)13-14-34-30(48)24(11-12-26(45)46)41-29(47)21-7-9-22(10-8-21)35-17-23-18-36-28-27(40-23)31(49)39-20(2)38-28/h7-10,18,24,35,37,44,50-51H,11-17H2,1-6H3,(H,34,48)(H,41,47)(H,45,46)(H,36,38,39,49)/b42-19+,43-25+. The molecule has 1 aromatic carbocycles. The second kappa shape index (κ2) is 18.6. The molecule has 0 saturated carbocycles. The van der Waals surface area contributed by atoms with Crippen LogP contribution in [0.4, 0.5) is 5.69 Å². The van der Waals surface area contributed by atoms with Gasteiger partial charge in [-0.05, 0) is 72.2 Å². The third-order valence-corrected chi connectivity index (χ3v) is 8.13. The molecule has 0 fully saturated rings. The molecule has 52 heavy (non-hydrogen) atoms. The van der Waals surface area contributed by atoms with Crippen LogP contribution < -0.4 is 32.3 Å². The third-order valence-electron chi connectivity index (χ3n) is 8.13. The number of hydrogen-bond acceptors (Lipinski definition) is 15. The molecule has 2 aromatic heterocycles. The highest BCUT2D eigenvalue weighted by Gasteiger charge is 2.27. The smallest absolute Gasteiger partial charge is 0.303 e.